The summed E-state index contributed by atoms with van der Waals surface area (Å²) in [6.07, 6.45) is 0.433. The third-order valence-corrected chi connectivity index (χ3v) is 3.95. The van der Waals surface area contributed by atoms with E-state index in [4.69, 9.17) is 0 Å². The number of amides is 1. The van der Waals surface area contributed by atoms with E-state index in [0.717, 1.165) is 16.1 Å². The molecule has 1 heterocycles. The summed E-state index contributed by atoms with van der Waals surface area (Å²) >= 11 is 5.14. The van der Waals surface area contributed by atoms with Crippen molar-refractivity contribution in [2.75, 3.05) is 5.32 Å². The minimum absolute atomic E-state index is 0.0260. The van der Waals surface area contributed by atoms with Crippen LogP contribution in [-0.2, 0) is 11.2 Å². The molecule has 0 aliphatic carbocycles. The third kappa shape index (κ3) is 3.43. The molecule has 2 aromatic rings. The summed E-state index contributed by atoms with van der Waals surface area (Å²) < 4.78 is 0. The zero-order valence-electron chi connectivity index (χ0n) is 10.0. The van der Waals surface area contributed by atoms with Crippen molar-refractivity contribution in [2.24, 2.45) is 0 Å². The average molecular weight is 324 g/mol. The number of carbonyl (C=O) groups is 1. The lowest BCUT2D eigenvalue weighted by Gasteiger charge is -2.12. The van der Waals surface area contributed by atoms with Crippen molar-refractivity contribution in [1.29, 1.82) is 0 Å². The molecule has 1 aromatic carbocycles. The molecule has 0 aliphatic rings. The van der Waals surface area contributed by atoms with Gasteiger partial charge in [0.1, 0.15) is 0 Å². The average Bonchev–Trinajstić information content (AvgIpc) is 2.82. The maximum absolute atomic E-state index is 11.9. The van der Waals surface area contributed by atoms with Gasteiger partial charge in [0, 0.05) is 15.4 Å². The van der Waals surface area contributed by atoms with Gasteiger partial charge in [-0.05, 0) is 30.0 Å². The summed E-state index contributed by atoms with van der Waals surface area (Å²) in [6, 6.07) is 11.8. The number of para-hydroxylation sites is 1. The fraction of sp³-hybridized carbons (Fsp3) is 0.214. The van der Waals surface area contributed by atoms with Gasteiger partial charge in [0.25, 0.3) is 0 Å². The Hall–Kier alpha value is -1.13. The second-order valence-electron chi connectivity index (χ2n) is 4.01. The fourth-order valence-electron chi connectivity index (χ4n) is 1.72. The summed E-state index contributed by atoms with van der Waals surface area (Å²) in [6.45, 7) is 2.05. The van der Waals surface area contributed by atoms with Crippen molar-refractivity contribution in [3.8, 4) is 0 Å². The molecule has 1 amide bonds. The Balaban J connectivity index is 2.07. The highest BCUT2D eigenvalue weighted by Crippen LogP contribution is 2.28. The molecule has 1 N–H and O–H groups in total. The molecule has 4 heteroatoms. The first-order valence-corrected chi connectivity index (χ1v) is 7.51. The lowest BCUT2D eigenvalue weighted by Crippen LogP contribution is -2.15. The van der Waals surface area contributed by atoms with Crippen molar-refractivity contribution >= 4 is 38.9 Å². The maximum Gasteiger partial charge on any atom is 0.229 e. The number of nitrogens with one attached hydrogen (secondary N) is 1. The second-order valence-corrected chi connectivity index (χ2v) is 6.41. The van der Waals surface area contributed by atoms with Crippen LogP contribution in [0.15, 0.2) is 41.8 Å². The number of carbonyl (C=O) groups excluding carboxylic acids is 1. The number of benzene rings is 1. The van der Waals surface area contributed by atoms with E-state index < -0.39 is 0 Å². The van der Waals surface area contributed by atoms with E-state index in [9.17, 15) is 4.79 Å². The summed E-state index contributed by atoms with van der Waals surface area (Å²) in [5.74, 6) is 0.0260. The van der Waals surface area contributed by atoms with Crippen LogP contribution in [0.3, 0.4) is 0 Å². The number of rotatable bonds is 4. The molecule has 18 heavy (non-hydrogen) atoms. The molecule has 0 spiro atoms. The highest BCUT2D eigenvalue weighted by Gasteiger charge is 2.10. The van der Waals surface area contributed by atoms with Crippen LogP contribution in [0.25, 0.3) is 0 Å². The summed E-state index contributed by atoms with van der Waals surface area (Å²) in [5, 5.41) is 4.95. The standard InChI is InChI=1S/C14H14BrNOS/c1-10(15)12-6-2-3-7-13(12)16-14(17)9-11-5-4-8-18-11/h2-8,10H,9H2,1H3,(H,16,17). The summed E-state index contributed by atoms with van der Waals surface area (Å²) in [5.41, 5.74) is 1.97. The van der Waals surface area contributed by atoms with Gasteiger partial charge in [-0.1, -0.05) is 40.2 Å². The Morgan fingerprint density at radius 2 is 2.11 bits per heavy atom. The van der Waals surface area contributed by atoms with Gasteiger partial charge in [-0.2, -0.15) is 0 Å². The van der Waals surface area contributed by atoms with Crippen LogP contribution in [0.5, 0.6) is 0 Å². The molecule has 2 rings (SSSR count). The summed E-state index contributed by atoms with van der Waals surface area (Å²) in [4.78, 5) is 13.2. The minimum Gasteiger partial charge on any atom is -0.325 e. The predicted molar refractivity (Wildman–Crippen MR) is 80.4 cm³/mol. The smallest absolute Gasteiger partial charge is 0.229 e. The van der Waals surface area contributed by atoms with Crippen LogP contribution in [0.4, 0.5) is 5.69 Å². The van der Waals surface area contributed by atoms with Crippen molar-refractivity contribution < 1.29 is 4.79 Å². The number of hydrogen-bond acceptors (Lipinski definition) is 2. The SMILES string of the molecule is CC(Br)c1ccccc1NC(=O)Cc1cccs1. The maximum atomic E-state index is 11.9. The molecular formula is C14H14BrNOS. The monoisotopic (exact) mass is 323 g/mol. The predicted octanol–water partition coefficient (Wildman–Crippen LogP) is 4.39. The van der Waals surface area contributed by atoms with Gasteiger partial charge in [-0.15, -0.1) is 11.3 Å². The van der Waals surface area contributed by atoms with Gasteiger partial charge in [0.15, 0.2) is 0 Å². The molecule has 1 aromatic heterocycles. The highest BCUT2D eigenvalue weighted by atomic mass is 79.9. The van der Waals surface area contributed by atoms with Crippen LogP contribution in [0.1, 0.15) is 22.2 Å². The first-order valence-electron chi connectivity index (χ1n) is 5.72. The molecule has 94 valence electrons. The molecule has 0 fully saturated rings. The number of halogens is 1. The van der Waals surface area contributed by atoms with Crippen LogP contribution < -0.4 is 5.32 Å². The first kappa shape index (κ1) is 13.3. The van der Waals surface area contributed by atoms with E-state index in [-0.39, 0.29) is 10.7 Å². The Morgan fingerprint density at radius 1 is 1.33 bits per heavy atom. The van der Waals surface area contributed by atoms with E-state index in [0.29, 0.717) is 6.42 Å². The van der Waals surface area contributed by atoms with E-state index in [1.54, 1.807) is 11.3 Å². The molecule has 1 atom stereocenters. The zero-order chi connectivity index (χ0) is 13.0. The lowest BCUT2D eigenvalue weighted by atomic mass is 10.1. The largest absolute Gasteiger partial charge is 0.325 e. The fourth-order valence-corrected chi connectivity index (χ4v) is 2.83. The molecule has 0 aliphatic heterocycles. The Labute approximate surface area is 119 Å². The van der Waals surface area contributed by atoms with Gasteiger partial charge in [-0.25, -0.2) is 0 Å². The molecule has 1 unspecified atom stereocenters. The van der Waals surface area contributed by atoms with Crippen LogP contribution in [-0.4, -0.2) is 5.91 Å². The van der Waals surface area contributed by atoms with E-state index in [1.807, 2.05) is 48.7 Å². The summed E-state index contributed by atoms with van der Waals surface area (Å²) in [7, 11) is 0. The van der Waals surface area contributed by atoms with Gasteiger partial charge in [0.05, 0.1) is 6.42 Å². The van der Waals surface area contributed by atoms with Crippen molar-refractivity contribution in [2.45, 2.75) is 18.2 Å². The normalized spacial score (nSPS) is 12.1. The third-order valence-electron chi connectivity index (χ3n) is 2.58. The molecule has 0 bridgehead atoms. The van der Waals surface area contributed by atoms with Crippen molar-refractivity contribution in [3.05, 3.63) is 52.2 Å². The van der Waals surface area contributed by atoms with Gasteiger partial charge in [-0.3, -0.25) is 4.79 Å². The van der Waals surface area contributed by atoms with Crippen LogP contribution >= 0.6 is 27.3 Å². The minimum atomic E-state index is 0.0260. The van der Waals surface area contributed by atoms with Crippen LogP contribution in [0.2, 0.25) is 0 Å². The molecule has 0 saturated heterocycles. The van der Waals surface area contributed by atoms with E-state index in [1.165, 1.54) is 0 Å². The van der Waals surface area contributed by atoms with Gasteiger partial charge in [0.2, 0.25) is 5.91 Å². The lowest BCUT2D eigenvalue weighted by molar-refractivity contribution is -0.115. The van der Waals surface area contributed by atoms with Crippen LogP contribution in [0, 0.1) is 0 Å². The van der Waals surface area contributed by atoms with E-state index >= 15 is 0 Å². The highest BCUT2D eigenvalue weighted by molar-refractivity contribution is 9.09. The van der Waals surface area contributed by atoms with Crippen molar-refractivity contribution in [3.63, 3.8) is 0 Å². The first-order chi connectivity index (χ1) is 8.66. The molecule has 2 nitrogen and oxygen atoms in total. The topological polar surface area (TPSA) is 29.1 Å². The number of anilines is 1. The Bertz CT molecular complexity index is 522. The molecule has 0 saturated carbocycles. The van der Waals surface area contributed by atoms with E-state index in [2.05, 4.69) is 21.2 Å². The number of thiophene rings is 1. The Kier molecular flexibility index (Phi) is 4.55. The Morgan fingerprint density at radius 3 is 2.78 bits per heavy atom. The van der Waals surface area contributed by atoms with Gasteiger partial charge < -0.3 is 5.32 Å². The molecule has 0 radical (unpaired) electrons. The number of hydrogen-bond donors (Lipinski definition) is 1. The zero-order valence-corrected chi connectivity index (χ0v) is 12.4. The number of alkyl halides is 1. The van der Waals surface area contributed by atoms with Gasteiger partial charge >= 0.3 is 0 Å². The second kappa shape index (κ2) is 6.16. The quantitative estimate of drug-likeness (QED) is 0.831. The molecular weight excluding hydrogens is 310 g/mol. The van der Waals surface area contributed by atoms with Crippen molar-refractivity contribution in [1.82, 2.24) is 0 Å².